The SMILES string of the molecule is CC(C)c1c(-c2ccccc2)nc2ccc(Cl)cn12. The van der Waals surface area contributed by atoms with Crippen LogP contribution in [0.5, 0.6) is 0 Å². The molecule has 0 radical (unpaired) electrons. The normalized spacial score (nSPS) is 11.4. The zero-order valence-corrected chi connectivity index (χ0v) is 11.7. The van der Waals surface area contributed by atoms with Gasteiger partial charge in [0.15, 0.2) is 0 Å². The second-order valence-electron chi connectivity index (χ2n) is 4.94. The van der Waals surface area contributed by atoms with E-state index >= 15 is 0 Å². The molecule has 2 aromatic heterocycles. The van der Waals surface area contributed by atoms with Crippen LogP contribution in [0.15, 0.2) is 48.7 Å². The van der Waals surface area contributed by atoms with Crippen LogP contribution in [0, 0.1) is 0 Å². The third kappa shape index (κ3) is 2.13. The van der Waals surface area contributed by atoms with Crippen molar-refractivity contribution >= 4 is 17.2 Å². The molecule has 19 heavy (non-hydrogen) atoms. The van der Waals surface area contributed by atoms with Crippen molar-refractivity contribution in [2.45, 2.75) is 19.8 Å². The molecule has 0 bridgehead atoms. The van der Waals surface area contributed by atoms with Gasteiger partial charge in [0, 0.05) is 11.8 Å². The lowest BCUT2D eigenvalue weighted by Gasteiger charge is -2.08. The van der Waals surface area contributed by atoms with Crippen LogP contribution < -0.4 is 0 Å². The summed E-state index contributed by atoms with van der Waals surface area (Å²) in [6.45, 7) is 4.35. The fourth-order valence-corrected chi connectivity index (χ4v) is 2.56. The van der Waals surface area contributed by atoms with Crippen molar-refractivity contribution in [3.05, 3.63) is 59.4 Å². The predicted molar refractivity (Wildman–Crippen MR) is 79.7 cm³/mol. The van der Waals surface area contributed by atoms with Gasteiger partial charge in [0.05, 0.1) is 16.4 Å². The Balaban J connectivity index is 2.33. The number of nitrogens with zero attached hydrogens (tertiary/aromatic N) is 2. The summed E-state index contributed by atoms with van der Waals surface area (Å²) < 4.78 is 2.09. The molecular weight excluding hydrogens is 256 g/mol. The van der Waals surface area contributed by atoms with Gasteiger partial charge < -0.3 is 4.40 Å². The number of imidazole rings is 1. The summed E-state index contributed by atoms with van der Waals surface area (Å²) in [5, 5.41) is 0.728. The summed E-state index contributed by atoms with van der Waals surface area (Å²) in [4.78, 5) is 4.75. The Bertz CT molecular complexity index is 714. The average molecular weight is 271 g/mol. The van der Waals surface area contributed by atoms with Crippen LogP contribution in [0.2, 0.25) is 5.02 Å². The van der Waals surface area contributed by atoms with Gasteiger partial charge in [-0.25, -0.2) is 4.98 Å². The number of benzene rings is 1. The zero-order chi connectivity index (χ0) is 13.4. The fourth-order valence-electron chi connectivity index (χ4n) is 2.40. The molecule has 0 saturated carbocycles. The van der Waals surface area contributed by atoms with Crippen LogP contribution in [0.1, 0.15) is 25.5 Å². The Morgan fingerprint density at radius 1 is 1.05 bits per heavy atom. The second-order valence-corrected chi connectivity index (χ2v) is 5.38. The zero-order valence-electron chi connectivity index (χ0n) is 11.0. The molecule has 0 amide bonds. The smallest absolute Gasteiger partial charge is 0.137 e. The molecule has 0 aliphatic rings. The van der Waals surface area contributed by atoms with E-state index in [4.69, 9.17) is 16.6 Å². The third-order valence-electron chi connectivity index (χ3n) is 3.21. The molecular formula is C16H15ClN2. The molecule has 0 aliphatic heterocycles. The minimum Gasteiger partial charge on any atom is -0.302 e. The first-order valence-corrected chi connectivity index (χ1v) is 6.77. The lowest BCUT2D eigenvalue weighted by atomic mass is 10.0. The standard InChI is InChI=1S/C16H15ClN2/c1-11(2)16-15(12-6-4-3-5-7-12)18-14-9-8-13(17)10-19(14)16/h3-11H,1-2H3. The van der Waals surface area contributed by atoms with Gasteiger partial charge in [0.25, 0.3) is 0 Å². The van der Waals surface area contributed by atoms with Crippen molar-refractivity contribution in [1.29, 1.82) is 0 Å². The van der Waals surface area contributed by atoms with E-state index in [1.54, 1.807) is 0 Å². The first-order chi connectivity index (χ1) is 9.16. The second kappa shape index (κ2) is 4.71. The summed E-state index contributed by atoms with van der Waals surface area (Å²) in [5.41, 5.74) is 4.32. The molecule has 0 unspecified atom stereocenters. The molecule has 0 spiro atoms. The highest BCUT2D eigenvalue weighted by Gasteiger charge is 2.16. The maximum absolute atomic E-state index is 6.10. The number of rotatable bonds is 2. The molecule has 0 N–H and O–H groups in total. The number of aromatic nitrogens is 2. The molecule has 3 aromatic rings. The first kappa shape index (κ1) is 12.2. The van der Waals surface area contributed by atoms with E-state index in [1.807, 2.05) is 36.5 Å². The summed E-state index contributed by atoms with van der Waals surface area (Å²) in [5.74, 6) is 0.378. The molecule has 0 aliphatic carbocycles. The Morgan fingerprint density at radius 3 is 2.47 bits per heavy atom. The van der Waals surface area contributed by atoms with E-state index < -0.39 is 0 Å². The Labute approximate surface area is 117 Å². The van der Waals surface area contributed by atoms with Crippen molar-refractivity contribution < 1.29 is 0 Å². The van der Waals surface area contributed by atoms with Crippen LogP contribution >= 0.6 is 11.6 Å². The van der Waals surface area contributed by atoms with Gasteiger partial charge in [-0.1, -0.05) is 55.8 Å². The predicted octanol–water partition coefficient (Wildman–Crippen LogP) is 4.78. The van der Waals surface area contributed by atoms with Gasteiger partial charge in [-0.3, -0.25) is 0 Å². The van der Waals surface area contributed by atoms with Crippen LogP contribution in [-0.2, 0) is 0 Å². The first-order valence-electron chi connectivity index (χ1n) is 6.40. The van der Waals surface area contributed by atoms with Gasteiger partial charge in [-0.2, -0.15) is 0 Å². The van der Waals surface area contributed by atoms with Crippen molar-refractivity contribution in [2.24, 2.45) is 0 Å². The largest absolute Gasteiger partial charge is 0.302 e. The topological polar surface area (TPSA) is 17.3 Å². The van der Waals surface area contributed by atoms with Crippen LogP contribution in [0.25, 0.3) is 16.9 Å². The maximum Gasteiger partial charge on any atom is 0.137 e. The highest BCUT2D eigenvalue weighted by molar-refractivity contribution is 6.30. The average Bonchev–Trinajstić information content (AvgIpc) is 2.78. The molecule has 0 saturated heterocycles. The van der Waals surface area contributed by atoms with E-state index in [2.05, 4.69) is 30.4 Å². The van der Waals surface area contributed by atoms with Gasteiger partial charge in [0.2, 0.25) is 0 Å². The maximum atomic E-state index is 6.10. The minimum atomic E-state index is 0.378. The molecule has 0 atom stereocenters. The summed E-state index contributed by atoms with van der Waals surface area (Å²) in [6.07, 6.45) is 1.94. The van der Waals surface area contributed by atoms with E-state index in [0.29, 0.717) is 5.92 Å². The highest BCUT2D eigenvalue weighted by Crippen LogP contribution is 2.30. The minimum absolute atomic E-state index is 0.378. The summed E-state index contributed by atoms with van der Waals surface area (Å²) in [7, 11) is 0. The summed E-state index contributed by atoms with van der Waals surface area (Å²) in [6, 6.07) is 14.1. The number of hydrogen-bond acceptors (Lipinski definition) is 1. The van der Waals surface area contributed by atoms with Gasteiger partial charge in [-0.15, -0.1) is 0 Å². The van der Waals surface area contributed by atoms with Gasteiger partial charge >= 0.3 is 0 Å². The van der Waals surface area contributed by atoms with Gasteiger partial charge in [0.1, 0.15) is 5.65 Å². The number of hydrogen-bond donors (Lipinski definition) is 0. The quantitative estimate of drug-likeness (QED) is 0.655. The lowest BCUT2D eigenvalue weighted by Crippen LogP contribution is -1.96. The Kier molecular flexibility index (Phi) is 3.03. The van der Waals surface area contributed by atoms with E-state index in [9.17, 15) is 0 Å². The molecule has 0 fully saturated rings. The fraction of sp³-hybridized carbons (Fsp3) is 0.188. The van der Waals surface area contributed by atoms with E-state index in [-0.39, 0.29) is 0 Å². The van der Waals surface area contributed by atoms with Crippen LogP contribution in [0.4, 0.5) is 0 Å². The van der Waals surface area contributed by atoms with Gasteiger partial charge in [-0.05, 0) is 18.1 Å². The molecule has 2 heterocycles. The molecule has 2 nitrogen and oxygen atoms in total. The van der Waals surface area contributed by atoms with Crippen molar-refractivity contribution in [3.8, 4) is 11.3 Å². The van der Waals surface area contributed by atoms with E-state index in [0.717, 1.165) is 21.9 Å². The van der Waals surface area contributed by atoms with Crippen molar-refractivity contribution in [1.82, 2.24) is 9.38 Å². The monoisotopic (exact) mass is 270 g/mol. The molecule has 96 valence electrons. The molecule has 3 heteroatoms. The van der Waals surface area contributed by atoms with Crippen LogP contribution in [-0.4, -0.2) is 9.38 Å². The molecule has 1 aromatic carbocycles. The number of pyridine rings is 1. The number of halogens is 1. The van der Waals surface area contributed by atoms with Crippen LogP contribution in [0.3, 0.4) is 0 Å². The highest BCUT2D eigenvalue weighted by atomic mass is 35.5. The lowest BCUT2D eigenvalue weighted by molar-refractivity contribution is 0.811. The summed E-state index contributed by atoms with van der Waals surface area (Å²) >= 11 is 6.10. The Morgan fingerprint density at radius 2 is 1.79 bits per heavy atom. The van der Waals surface area contributed by atoms with E-state index in [1.165, 1.54) is 5.69 Å². The van der Waals surface area contributed by atoms with Crippen molar-refractivity contribution in [2.75, 3.05) is 0 Å². The molecule has 3 rings (SSSR count). The number of fused-ring (bicyclic) bond motifs is 1. The van der Waals surface area contributed by atoms with Crippen molar-refractivity contribution in [3.63, 3.8) is 0 Å². The third-order valence-corrected chi connectivity index (χ3v) is 3.44. The Hall–Kier alpha value is -1.80.